The van der Waals surface area contributed by atoms with Crippen LogP contribution in [-0.2, 0) is 17.5 Å². The number of pyridine rings is 1. The molecule has 0 fully saturated rings. The Bertz CT molecular complexity index is 1440. The van der Waals surface area contributed by atoms with E-state index >= 15 is 0 Å². The van der Waals surface area contributed by atoms with Gasteiger partial charge in [0.2, 0.25) is 0 Å². The molecule has 8 nitrogen and oxygen atoms in total. The standard InChI is InChI=1S/C26H20Cl2F3N3O5/c1-38-21-5-4-16(27)7-15(21)12-34-25(37)18-9-17(20(28)10-22(18)39-6-2-3-24(35)36)19-13-33-23(26(29,30)31)8-14(19)11-32/h4-5,7-10,13H,2-3,6,12H2,1H3,(H,34,37)(H,35,36). The summed E-state index contributed by atoms with van der Waals surface area (Å²) in [5, 5.41) is 21.4. The van der Waals surface area contributed by atoms with Crippen LogP contribution in [0.15, 0.2) is 42.6 Å². The Labute approximate surface area is 230 Å². The van der Waals surface area contributed by atoms with Crippen molar-refractivity contribution in [2.45, 2.75) is 25.6 Å². The number of amides is 1. The summed E-state index contributed by atoms with van der Waals surface area (Å²) in [4.78, 5) is 27.5. The number of halogens is 5. The third-order valence-electron chi connectivity index (χ3n) is 5.39. The minimum Gasteiger partial charge on any atom is -0.496 e. The second-order valence-corrected chi connectivity index (χ2v) is 8.88. The minimum absolute atomic E-state index is 0.00285. The van der Waals surface area contributed by atoms with Crippen molar-refractivity contribution in [1.29, 1.82) is 5.26 Å². The predicted molar refractivity (Wildman–Crippen MR) is 136 cm³/mol. The lowest BCUT2D eigenvalue weighted by molar-refractivity contribution is -0.141. The summed E-state index contributed by atoms with van der Waals surface area (Å²) < 4.78 is 50.3. The number of ether oxygens (including phenoxy) is 2. The van der Waals surface area contributed by atoms with E-state index in [0.29, 0.717) is 22.4 Å². The van der Waals surface area contributed by atoms with E-state index in [4.69, 9.17) is 37.8 Å². The van der Waals surface area contributed by atoms with E-state index in [9.17, 15) is 28.0 Å². The number of carbonyl (C=O) groups is 2. The highest BCUT2D eigenvalue weighted by Gasteiger charge is 2.33. The fourth-order valence-corrected chi connectivity index (χ4v) is 3.99. The molecule has 204 valence electrons. The Hall–Kier alpha value is -4.01. The Morgan fingerprint density at radius 2 is 1.87 bits per heavy atom. The number of nitrogens with zero attached hydrogens (tertiary/aromatic N) is 2. The van der Waals surface area contributed by atoms with Crippen molar-refractivity contribution in [1.82, 2.24) is 10.3 Å². The van der Waals surface area contributed by atoms with Gasteiger partial charge in [0.05, 0.1) is 35.9 Å². The van der Waals surface area contributed by atoms with Crippen LogP contribution in [0.4, 0.5) is 13.2 Å². The highest BCUT2D eigenvalue weighted by atomic mass is 35.5. The third-order valence-corrected chi connectivity index (χ3v) is 5.94. The lowest BCUT2D eigenvalue weighted by Gasteiger charge is -2.16. The normalized spacial score (nSPS) is 11.0. The van der Waals surface area contributed by atoms with Gasteiger partial charge in [-0.1, -0.05) is 23.2 Å². The molecule has 13 heteroatoms. The van der Waals surface area contributed by atoms with Crippen LogP contribution in [0.2, 0.25) is 10.0 Å². The van der Waals surface area contributed by atoms with Gasteiger partial charge in [-0.15, -0.1) is 0 Å². The van der Waals surface area contributed by atoms with Crippen molar-refractivity contribution in [3.63, 3.8) is 0 Å². The number of benzene rings is 2. The number of nitriles is 1. The molecule has 0 aliphatic heterocycles. The topological polar surface area (TPSA) is 122 Å². The fraction of sp³-hybridized carbons (Fsp3) is 0.231. The average molecular weight is 582 g/mol. The van der Waals surface area contributed by atoms with Crippen LogP contribution in [0, 0.1) is 11.3 Å². The highest BCUT2D eigenvalue weighted by molar-refractivity contribution is 6.34. The number of carboxylic acids is 1. The van der Waals surface area contributed by atoms with E-state index in [2.05, 4.69) is 10.3 Å². The van der Waals surface area contributed by atoms with Gasteiger partial charge in [-0.05, 0) is 36.8 Å². The van der Waals surface area contributed by atoms with E-state index in [1.807, 2.05) is 0 Å². The summed E-state index contributed by atoms with van der Waals surface area (Å²) in [6.45, 7) is -0.0695. The quantitative estimate of drug-likeness (QED) is 0.276. The molecule has 0 spiro atoms. The van der Waals surface area contributed by atoms with Crippen molar-refractivity contribution in [3.8, 4) is 28.7 Å². The molecule has 1 amide bonds. The molecular weight excluding hydrogens is 562 g/mol. The Morgan fingerprint density at radius 1 is 1.13 bits per heavy atom. The molecule has 1 aromatic heterocycles. The van der Waals surface area contributed by atoms with E-state index in [1.54, 1.807) is 24.3 Å². The van der Waals surface area contributed by atoms with E-state index in [-0.39, 0.29) is 59.0 Å². The van der Waals surface area contributed by atoms with Crippen molar-refractivity contribution >= 4 is 35.1 Å². The fourth-order valence-electron chi connectivity index (χ4n) is 3.54. The van der Waals surface area contributed by atoms with Gasteiger partial charge < -0.3 is 19.9 Å². The number of hydrogen-bond donors (Lipinski definition) is 2. The number of hydrogen-bond acceptors (Lipinski definition) is 6. The summed E-state index contributed by atoms with van der Waals surface area (Å²) in [5.41, 5.74) is -1.07. The predicted octanol–water partition coefficient (Wildman–Crippen LogP) is 6.13. The number of methoxy groups -OCH3 is 1. The number of nitrogens with one attached hydrogen (secondary N) is 1. The maximum Gasteiger partial charge on any atom is 0.433 e. The molecule has 0 saturated carbocycles. The number of aromatic nitrogens is 1. The first-order chi connectivity index (χ1) is 18.4. The second-order valence-electron chi connectivity index (χ2n) is 8.04. The molecule has 2 N–H and O–H groups in total. The molecular formula is C26H20Cl2F3N3O5. The number of carbonyl (C=O) groups excluding carboxylic acids is 1. The van der Waals surface area contributed by atoms with Gasteiger partial charge in [-0.3, -0.25) is 14.6 Å². The van der Waals surface area contributed by atoms with Gasteiger partial charge in [0.15, 0.2) is 0 Å². The smallest absolute Gasteiger partial charge is 0.433 e. The molecule has 0 unspecified atom stereocenters. The van der Waals surface area contributed by atoms with Crippen molar-refractivity contribution in [3.05, 3.63) is 75.0 Å². The molecule has 0 bridgehead atoms. The largest absolute Gasteiger partial charge is 0.496 e. The first kappa shape index (κ1) is 29.5. The van der Waals surface area contributed by atoms with Gasteiger partial charge in [0.25, 0.3) is 5.91 Å². The second kappa shape index (κ2) is 12.7. The van der Waals surface area contributed by atoms with Crippen molar-refractivity contribution < 1.29 is 37.3 Å². The number of rotatable bonds is 10. The van der Waals surface area contributed by atoms with Crippen LogP contribution in [0.5, 0.6) is 11.5 Å². The van der Waals surface area contributed by atoms with Crippen LogP contribution in [0.25, 0.3) is 11.1 Å². The molecule has 3 aromatic rings. The van der Waals surface area contributed by atoms with Crippen LogP contribution in [0.1, 0.15) is 40.0 Å². The van der Waals surface area contributed by atoms with Gasteiger partial charge in [-0.25, -0.2) is 0 Å². The monoisotopic (exact) mass is 581 g/mol. The molecule has 3 rings (SSSR count). The van der Waals surface area contributed by atoms with Gasteiger partial charge in [-0.2, -0.15) is 18.4 Å². The third kappa shape index (κ3) is 7.52. The summed E-state index contributed by atoms with van der Waals surface area (Å²) >= 11 is 12.4. The average Bonchev–Trinajstić information content (AvgIpc) is 2.89. The molecule has 0 saturated heterocycles. The zero-order valence-electron chi connectivity index (χ0n) is 20.2. The van der Waals surface area contributed by atoms with Crippen LogP contribution in [0.3, 0.4) is 0 Å². The van der Waals surface area contributed by atoms with Gasteiger partial charge in [0.1, 0.15) is 17.2 Å². The summed E-state index contributed by atoms with van der Waals surface area (Å²) in [5.74, 6) is -1.21. The molecule has 0 atom stereocenters. The summed E-state index contributed by atoms with van der Waals surface area (Å²) in [6, 6.07) is 9.67. The van der Waals surface area contributed by atoms with E-state index in [0.717, 1.165) is 6.20 Å². The first-order valence-electron chi connectivity index (χ1n) is 11.2. The molecule has 2 aromatic carbocycles. The lowest BCUT2D eigenvalue weighted by Crippen LogP contribution is -2.24. The number of alkyl halides is 3. The molecule has 0 radical (unpaired) electrons. The highest BCUT2D eigenvalue weighted by Crippen LogP contribution is 2.37. The Morgan fingerprint density at radius 3 is 2.51 bits per heavy atom. The SMILES string of the molecule is COc1ccc(Cl)cc1CNC(=O)c1cc(-c2cnc(C(F)(F)F)cc2C#N)c(Cl)cc1OCCCC(=O)O. The molecule has 39 heavy (non-hydrogen) atoms. The Kier molecular flexibility index (Phi) is 9.61. The minimum atomic E-state index is -4.77. The van der Waals surface area contributed by atoms with Crippen molar-refractivity contribution in [2.75, 3.05) is 13.7 Å². The van der Waals surface area contributed by atoms with Crippen LogP contribution >= 0.6 is 23.2 Å². The van der Waals surface area contributed by atoms with E-state index < -0.39 is 23.7 Å². The van der Waals surface area contributed by atoms with Gasteiger partial charge >= 0.3 is 12.1 Å². The molecule has 0 aliphatic carbocycles. The Balaban J connectivity index is 2.02. The maximum absolute atomic E-state index is 13.3. The lowest BCUT2D eigenvalue weighted by atomic mass is 9.98. The maximum atomic E-state index is 13.3. The zero-order chi connectivity index (χ0) is 28.7. The molecule has 1 heterocycles. The molecule has 0 aliphatic rings. The summed E-state index contributed by atoms with van der Waals surface area (Å²) in [6.07, 6.45) is -3.95. The number of carboxylic acid groups (broad SMARTS) is 1. The van der Waals surface area contributed by atoms with E-state index in [1.165, 1.54) is 19.2 Å². The zero-order valence-corrected chi connectivity index (χ0v) is 21.7. The summed E-state index contributed by atoms with van der Waals surface area (Å²) in [7, 11) is 1.45. The first-order valence-corrected chi connectivity index (χ1v) is 12.0. The van der Waals surface area contributed by atoms with Gasteiger partial charge in [0, 0.05) is 46.9 Å². The van der Waals surface area contributed by atoms with Crippen LogP contribution in [-0.4, -0.2) is 35.7 Å². The number of aliphatic carboxylic acids is 1. The van der Waals surface area contributed by atoms with Crippen LogP contribution < -0.4 is 14.8 Å². The van der Waals surface area contributed by atoms with Crippen molar-refractivity contribution in [2.24, 2.45) is 0 Å².